The van der Waals surface area contributed by atoms with Gasteiger partial charge in [0.1, 0.15) is 5.84 Å². The van der Waals surface area contributed by atoms with Gasteiger partial charge in [-0.1, -0.05) is 18.2 Å². The molecule has 0 unspecified atom stereocenters. The Morgan fingerprint density at radius 1 is 1.25 bits per heavy atom. The first-order chi connectivity index (χ1) is 13.6. The van der Waals surface area contributed by atoms with Crippen molar-refractivity contribution in [2.75, 3.05) is 11.9 Å². The summed E-state index contributed by atoms with van der Waals surface area (Å²) < 4.78 is 2.02. The van der Waals surface area contributed by atoms with Crippen molar-refractivity contribution < 1.29 is 4.79 Å². The molecular formula is C21H24N6O. The van der Waals surface area contributed by atoms with Crippen LogP contribution in [0.1, 0.15) is 23.7 Å². The first-order valence-electron chi connectivity index (χ1n) is 9.10. The molecule has 0 aliphatic carbocycles. The average Bonchev–Trinajstić information content (AvgIpc) is 3.09. The lowest BCUT2D eigenvalue weighted by Crippen LogP contribution is -2.13. The van der Waals surface area contributed by atoms with Gasteiger partial charge in [-0.25, -0.2) is 4.98 Å². The van der Waals surface area contributed by atoms with Gasteiger partial charge < -0.3 is 21.4 Å². The average molecular weight is 376 g/mol. The summed E-state index contributed by atoms with van der Waals surface area (Å²) in [6, 6.07) is 15.0. The highest BCUT2D eigenvalue weighted by atomic mass is 16.1. The SMILES string of the molecule is C/C(=C/C(N)=NC(=O)c1ccc2c(c1)ncn2CCCN)Nc1ccccc1. The molecule has 0 spiro atoms. The normalized spacial score (nSPS) is 12.4. The number of hydrogen-bond acceptors (Lipinski definition) is 4. The Bertz CT molecular complexity index is 1020. The molecule has 0 bridgehead atoms. The zero-order valence-corrected chi connectivity index (χ0v) is 15.8. The van der Waals surface area contributed by atoms with Crippen LogP contribution >= 0.6 is 0 Å². The fraction of sp³-hybridized carbons (Fsp3) is 0.190. The van der Waals surface area contributed by atoms with E-state index in [-0.39, 0.29) is 5.84 Å². The standard InChI is InChI=1S/C21H24N6O/c1-15(25-17-6-3-2-4-7-17)12-20(23)26-21(28)16-8-9-19-18(13-16)24-14-27(19)11-5-10-22/h2-4,6-9,12-14,25H,5,10-11,22H2,1H3,(H2,23,26,28)/b15-12-. The highest BCUT2D eigenvalue weighted by molar-refractivity contribution is 6.07. The van der Waals surface area contributed by atoms with E-state index in [2.05, 4.69) is 15.3 Å². The van der Waals surface area contributed by atoms with Crippen molar-refractivity contribution in [3.05, 3.63) is 72.2 Å². The van der Waals surface area contributed by atoms with Crippen molar-refractivity contribution in [1.82, 2.24) is 9.55 Å². The van der Waals surface area contributed by atoms with Gasteiger partial charge in [0.25, 0.3) is 5.91 Å². The molecule has 1 heterocycles. The number of amides is 1. The van der Waals surface area contributed by atoms with Gasteiger partial charge in [-0.2, -0.15) is 4.99 Å². The Kier molecular flexibility index (Phi) is 6.18. The predicted molar refractivity (Wildman–Crippen MR) is 113 cm³/mol. The third kappa shape index (κ3) is 4.83. The molecule has 1 aromatic heterocycles. The van der Waals surface area contributed by atoms with Crippen molar-refractivity contribution in [2.24, 2.45) is 16.5 Å². The van der Waals surface area contributed by atoms with Crippen molar-refractivity contribution >= 4 is 28.5 Å². The van der Waals surface area contributed by atoms with E-state index in [9.17, 15) is 4.79 Å². The minimum Gasteiger partial charge on any atom is -0.384 e. The second-order valence-corrected chi connectivity index (χ2v) is 6.44. The Hall–Kier alpha value is -3.45. The zero-order chi connectivity index (χ0) is 19.9. The summed E-state index contributed by atoms with van der Waals surface area (Å²) in [6.07, 6.45) is 4.26. The molecule has 0 radical (unpaired) electrons. The van der Waals surface area contributed by atoms with Crippen LogP contribution in [0.2, 0.25) is 0 Å². The molecule has 0 fully saturated rings. The summed E-state index contributed by atoms with van der Waals surface area (Å²) in [4.78, 5) is 20.8. The number of anilines is 1. The van der Waals surface area contributed by atoms with E-state index in [1.54, 1.807) is 24.5 Å². The number of aliphatic imine (C=N–C) groups is 1. The Morgan fingerprint density at radius 3 is 2.79 bits per heavy atom. The van der Waals surface area contributed by atoms with Crippen LogP contribution in [0.3, 0.4) is 0 Å². The molecule has 1 amide bonds. The van der Waals surface area contributed by atoms with Gasteiger partial charge in [-0.05, 0) is 56.3 Å². The van der Waals surface area contributed by atoms with Crippen LogP contribution < -0.4 is 16.8 Å². The van der Waals surface area contributed by atoms with E-state index in [1.165, 1.54) is 0 Å². The number of carbonyl (C=O) groups is 1. The number of aromatic nitrogens is 2. The maximum absolute atomic E-state index is 12.4. The molecule has 0 atom stereocenters. The Labute approximate surface area is 163 Å². The van der Waals surface area contributed by atoms with E-state index in [4.69, 9.17) is 11.5 Å². The smallest absolute Gasteiger partial charge is 0.279 e. The summed E-state index contributed by atoms with van der Waals surface area (Å²) in [5.74, 6) is -0.265. The topological polar surface area (TPSA) is 111 Å². The Morgan fingerprint density at radius 2 is 2.04 bits per heavy atom. The van der Waals surface area contributed by atoms with Crippen molar-refractivity contribution in [1.29, 1.82) is 0 Å². The van der Waals surface area contributed by atoms with Crippen molar-refractivity contribution in [2.45, 2.75) is 19.9 Å². The van der Waals surface area contributed by atoms with Gasteiger partial charge in [-0.3, -0.25) is 4.79 Å². The van der Waals surface area contributed by atoms with E-state index in [0.717, 1.165) is 35.4 Å². The van der Waals surface area contributed by atoms with Gasteiger partial charge in [0.05, 0.1) is 17.4 Å². The number of rotatable bonds is 7. The lowest BCUT2D eigenvalue weighted by atomic mass is 10.2. The Balaban J connectivity index is 1.73. The van der Waals surface area contributed by atoms with Crippen molar-refractivity contribution in [3.63, 3.8) is 0 Å². The van der Waals surface area contributed by atoms with Crippen LogP contribution in [0.25, 0.3) is 11.0 Å². The minimum atomic E-state index is -0.403. The van der Waals surface area contributed by atoms with Crippen LogP contribution in [0.5, 0.6) is 0 Å². The van der Waals surface area contributed by atoms with E-state index in [0.29, 0.717) is 12.1 Å². The summed E-state index contributed by atoms with van der Waals surface area (Å²) in [7, 11) is 0. The molecule has 0 aliphatic heterocycles. The molecule has 2 aromatic carbocycles. The third-order valence-electron chi connectivity index (χ3n) is 4.18. The van der Waals surface area contributed by atoms with Crippen LogP contribution in [0.15, 0.2) is 71.6 Å². The van der Waals surface area contributed by atoms with Gasteiger partial charge >= 0.3 is 0 Å². The number of para-hydroxylation sites is 1. The van der Waals surface area contributed by atoms with Crippen LogP contribution in [0, 0.1) is 0 Å². The highest BCUT2D eigenvalue weighted by Gasteiger charge is 2.09. The first-order valence-corrected chi connectivity index (χ1v) is 9.10. The number of imidazole rings is 1. The number of aryl methyl sites for hydroxylation is 1. The number of allylic oxidation sites excluding steroid dienone is 1. The monoisotopic (exact) mass is 376 g/mol. The molecule has 7 nitrogen and oxygen atoms in total. The fourth-order valence-electron chi connectivity index (χ4n) is 2.86. The number of amidine groups is 1. The molecular weight excluding hydrogens is 352 g/mol. The maximum atomic E-state index is 12.4. The molecule has 0 saturated carbocycles. The quantitative estimate of drug-likeness (QED) is 0.434. The fourth-order valence-corrected chi connectivity index (χ4v) is 2.86. The number of nitrogens with one attached hydrogen (secondary N) is 1. The number of nitrogens with two attached hydrogens (primary N) is 2. The summed E-state index contributed by atoms with van der Waals surface area (Å²) >= 11 is 0. The molecule has 0 saturated heterocycles. The second-order valence-electron chi connectivity index (χ2n) is 6.44. The minimum absolute atomic E-state index is 0.138. The zero-order valence-electron chi connectivity index (χ0n) is 15.8. The molecule has 0 aliphatic rings. The van der Waals surface area contributed by atoms with Gasteiger partial charge in [0.2, 0.25) is 0 Å². The van der Waals surface area contributed by atoms with Crippen molar-refractivity contribution in [3.8, 4) is 0 Å². The van der Waals surface area contributed by atoms with Gasteiger partial charge in [0, 0.05) is 23.5 Å². The predicted octanol–water partition coefficient (Wildman–Crippen LogP) is 2.90. The lowest BCUT2D eigenvalue weighted by molar-refractivity contribution is 0.100. The highest BCUT2D eigenvalue weighted by Crippen LogP contribution is 2.16. The molecule has 144 valence electrons. The van der Waals surface area contributed by atoms with Crippen LogP contribution in [-0.2, 0) is 6.54 Å². The summed E-state index contributed by atoms with van der Waals surface area (Å²) in [6.45, 7) is 3.28. The number of nitrogens with zero attached hydrogens (tertiary/aromatic N) is 3. The summed E-state index contributed by atoms with van der Waals surface area (Å²) in [5, 5.41) is 3.20. The number of carbonyl (C=O) groups excluding carboxylic acids is 1. The van der Waals surface area contributed by atoms with Gasteiger partial charge in [0.15, 0.2) is 0 Å². The number of hydrogen-bond donors (Lipinski definition) is 3. The molecule has 5 N–H and O–H groups in total. The van der Waals surface area contributed by atoms with E-state index >= 15 is 0 Å². The van der Waals surface area contributed by atoms with Crippen LogP contribution in [-0.4, -0.2) is 27.8 Å². The first kappa shape index (κ1) is 19.3. The number of fused-ring (bicyclic) bond motifs is 1. The molecule has 7 heteroatoms. The second kappa shape index (κ2) is 8.96. The van der Waals surface area contributed by atoms with Gasteiger partial charge in [-0.15, -0.1) is 0 Å². The maximum Gasteiger partial charge on any atom is 0.279 e. The molecule has 28 heavy (non-hydrogen) atoms. The third-order valence-corrected chi connectivity index (χ3v) is 4.18. The molecule has 3 aromatic rings. The van der Waals surface area contributed by atoms with E-state index in [1.807, 2.05) is 47.9 Å². The number of benzene rings is 2. The molecule has 3 rings (SSSR count). The summed E-state index contributed by atoms with van der Waals surface area (Å²) in [5.41, 5.74) is 15.4. The van der Waals surface area contributed by atoms with Crippen LogP contribution in [0.4, 0.5) is 5.69 Å². The largest absolute Gasteiger partial charge is 0.384 e. The van der Waals surface area contributed by atoms with E-state index < -0.39 is 5.91 Å². The lowest BCUT2D eigenvalue weighted by Gasteiger charge is -2.06.